The molecular formula is C24H24F3N5O2. The summed E-state index contributed by atoms with van der Waals surface area (Å²) >= 11 is 0. The summed E-state index contributed by atoms with van der Waals surface area (Å²) in [5.41, 5.74) is 1.75. The minimum absolute atomic E-state index is 0.172. The number of alkyl halides is 3. The van der Waals surface area contributed by atoms with E-state index in [0.29, 0.717) is 36.7 Å². The summed E-state index contributed by atoms with van der Waals surface area (Å²) in [6.07, 6.45) is -2.56. The third-order valence-corrected chi connectivity index (χ3v) is 6.08. The molecular weight excluding hydrogens is 447 g/mol. The molecule has 0 unspecified atom stereocenters. The van der Waals surface area contributed by atoms with Crippen molar-refractivity contribution in [2.45, 2.75) is 6.18 Å². The molecule has 34 heavy (non-hydrogen) atoms. The minimum Gasteiger partial charge on any atom is -0.379 e. The molecule has 0 saturated carbocycles. The summed E-state index contributed by atoms with van der Waals surface area (Å²) in [5.74, 6) is -0.172. The Balaban J connectivity index is 1.45. The first-order valence-electron chi connectivity index (χ1n) is 11.0. The molecule has 178 valence electrons. The van der Waals surface area contributed by atoms with E-state index in [2.05, 4.69) is 15.3 Å². The van der Waals surface area contributed by atoms with Gasteiger partial charge in [-0.15, -0.1) is 0 Å². The van der Waals surface area contributed by atoms with E-state index >= 15 is 0 Å². The Morgan fingerprint density at radius 3 is 2.53 bits per heavy atom. The first kappa shape index (κ1) is 22.4. The van der Waals surface area contributed by atoms with Crippen LogP contribution < -0.4 is 5.32 Å². The van der Waals surface area contributed by atoms with Crippen molar-refractivity contribution in [1.29, 1.82) is 0 Å². The van der Waals surface area contributed by atoms with E-state index in [4.69, 9.17) is 4.74 Å². The van der Waals surface area contributed by atoms with Crippen LogP contribution in [0.3, 0.4) is 0 Å². The molecule has 0 aliphatic carbocycles. The van der Waals surface area contributed by atoms with Crippen molar-refractivity contribution in [3.8, 4) is 5.69 Å². The van der Waals surface area contributed by atoms with Gasteiger partial charge in [0.1, 0.15) is 0 Å². The summed E-state index contributed by atoms with van der Waals surface area (Å²) in [5, 5.41) is 9.11. The average molecular weight is 471 g/mol. The largest absolute Gasteiger partial charge is 0.416 e. The van der Waals surface area contributed by atoms with Crippen LogP contribution in [-0.2, 0) is 18.0 Å². The van der Waals surface area contributed by atoms with Gasteiger partial charge in [-0.1, -0.05) is 0 Å². The molecule has 0 bridgehead atoms. The van der Waals surface area contributed by atoms with Crippen LogP contribution in [-0.4, -0.2) is 64.5 Å². The zero-order chi connectivity index (χ0) is 23.9. The number of carbonyl (C=O) groups is 1. The fourth-order valence-electron chi connectivity index (χ4n) is 4.35. The maximum Gasteiger partial charge on any atom is 0.416 e. The maximum atomic E-state index is 13.0. The number of nitrogens with zero attached hydrogens (tertiary/aromatic N) is 4. The first-order chi connectivity index (χ1) is 16.3. The molecule has 7 nitrogen and oxygen atoms in total. The Labute approximate surface area is 193 Å². The molecule has 1 aliphatic heterocycles. The fourth-order valence-corrected chi connectivity index (χ4v) is 4.35. The number of morpholine rings is 1. The molecule has 5 rings (SSSR count). The Bertz CT molecular complexity index is 1330. The highest BCUT2D eigenvalue weighted by Crippen LogP contribution is 2.34. The van der Waals surface area contributed by atoms with Gasteiger partial charge >= 0.3 is 6.18 Å². The molecule has 0 atom stereocenters. The number of nitrogens with one attached hydrogen (secondary N) is 1. The summed E-state index contributed by atoms with van der Waals surface area (Å²) in [6, 6.07) is 10.3. The van der Waals surface area contributed by atoms with Gasteiger partial charge in [-0.25, -0.2) is 0 Å². The molecule has 1 N–H and O–H groups in total. The topological polar surface area (TPSA) is 64.3 Å². The van der Waals surface area contributed by atoms with E-state index in [1.807, 2.05) is 22.9 Å². The SMILES string of the molecule is Cn1cc2c3cc(C(=O)NCCN4CCOCC4)ccc3n(-c3ccc(C(F)(F)F)cc3)c2n1. The number of aromatic nitrogens is 3. The van der Waals surface area contributed by atoms with Gasteiger partial charge in [0.2, 0.25) is 0 Å². The summed E-state index contributed by atoms with van der Waals surface area (Å²) in [4.78, 5) is 15.0. The number of halogens is 3. The van der Waals surface area contributed by atoms with Gasteiger partial charge in [-0.2, -0.15) is 18.3 Å². The van der Waals surface area contributed by atoms with E-state index in [9.17, 15) is 18.0 Å². The Morgan fingerprint density at radius 1 is 1.09 bits per heavy atom. The predicted octanol–water partition coefficient (Wildman–Crippen LogP) is 3.60. The maximum absolute atomic E-state index is 13.0. The number of fused-ring (bicyclic) bond motifs is 3. The lowest BCUT2D eigenvalue weighted by Gasteiger charge is -2.26. The van der Waals surface area contributed by atoms with Crippen molar-refractivity contribution >= 4 is 27.8 Å². The summed E-state index contributed by atoms with van der Waals surface area (Å²) in [7, 11) is 1.78. The number of benzene rings is 2. The van der Waals surface area contributed by atoms with Crippen molar-refractivity contribution in [3.05, 3.63) is 59.8 Å². The number of hydrogen-bond donors (Lipinski definition) is 1. The highest BCUT2D eigenvalue weighted by Gasteiger charge is 2.30. The highest BCUT2D eigenvalue weighted by atomic mass is 19.4. The van der Waals surface area contributed by atoms with Crippen LogP contribution in [0, 0.1) is 0 Å². The summed E-state index contributed by atoms with van der Waals surface area (Å²) in [6.45, 7) is 4.43. The number of carbonyl (C=O) groups excluding carboxylic acids is 1. The second-order valence-electron chi connectivity index (χ2n) is 8.36. The van der Waals surface area contributed by atoms with Crippen LogP contribution in [0.25, 0.3) is 27.6 Å². The highest BCUT2D eigenvalue weighted by molar-refractivity contribution is 6.10. The van der Waals surface area contributed by atoms with Crippen LogP contribution in [0.1, 0.15) is 15.9 Å². The molecule has 2 aromatic heterocycles. The van der Waals surface area contributed by atoms with Gasteiger partial charge in [0.25, 0.3) is 5.91 Å². The van der Waals surface area contributed by atoms with Gasteiger partial charge in [0, 0.05) is 61.4 Å². The Hall–Kier alpha value is -3.37. The van der Waals surface area contributed by atoms with Crippen molar-refractivity contribution in [2.75, 3.05) is 39.4 Å². The monoisotopic (exact) mass is 471 g/mol. The Morgan fingerprint density at radius 2 is 1.82 bits per heavy atom. The molecule has 1 amide bonds. The molecule has 0 spiro atoms. The van der Waals surface area contributed by atoms with Crippen LogP contribution in [0.4, 0.5) is 13.2 Å². The van der Waals surface area contributed by atoms with Gasteiger partial charge in [0.05, 0.1) is 24.3 Å². The third-order valence-electron chi connectivity index (χ3n) is 6.08. The van der Waals surface area contributed by atoms with Crippen LogP contribution >= 0.6 is 0 Å². The summed E-state index contributed by atoms with van der Waals surface area (Å²) < 4.78 is 47.9. The van der Waals surface area contributed by atoms with Crippen molar-refractivity contribution in [3.63, 3.8) is 0 Å². The zero-order valence-electron chi connectivity index (χ0n) is 18.6. The fraction of sp³-hybridized carbons (Fsp3) is 0.333. The molecule has 2 aromatic carbocycles. The van der Waals surface area contributed by atoms with E-state index in [-0.39, 0.29) is 5.91 Å². The van der Waals surface area contributed by atoms with Gasteiger partial charge in [-0.3, -0.25) is 18.9 Å². The zero-order valence-corrected chi connectivity index (χ0v) is 18.6. The number of rotatable bonds is 5. The molecule has 1 aliphatic rings. The third kappa shape index (κ3) is 4.26. The molecule has 1 saturated heterocycles. The van der Waals surface area contributed by atoms with Crippen LogP contribution in [0.5, 0.6) is 0 Å². The second kappa shape index (κ2) is 8.77. The molecule has 1 fully saturated rings. The van der Waals surface area contributed by atoms with Crippen molar-refractivity contribution in [2.24, 2.45) is 7.05 Å². The predicted molar refractivity (Wildman–Crippen MR) is 122 cm³/mol. The smallest absolute Gasteiger partial charge is 0.379 e. The average Bonchev–Trinajstić information content (AvgIpc) is 3.33. The number of amides is 1. The van der Waals surface area contributed by atoms with Crippen LogP contribution in [0.15, 0.2) is 48.7 Å². The quantitative estimate of drug-likeness (QED) is 0.483. The van der Waals surface area contributed by atoms with Crippen molar-refractivity contribution in [1.82, 2.24) is 24.6 Å². The standard InChI is InChI=1S/C24H24F3N5O2/c1-30-15-20-19-14-16(23(33)28-8-9-31-10-12-34-13-11-31)2-7-21(19)32(22(20)29-30)18-5-3-17(4-6-18)24(25,26)27/h2-7,14-15H,8-13H2,1H3,(H,28,33). The van der Waals surface area contributed by atoms with Crippen molar-refractivity contribution < 1.29 is 22.7 Å². The van der Waals surface area contributed by atoms with Gasteiger partial charge in [0.15, 0.2) is 5.65 Å². The molecule has 0 radical (unpaired) electrons. The Kier molecular flexibility index (Phi) is 5.78. The van der Waals surface area contributed by atoms with E-state index in [1.54, 1.807) is 17.8 Å². The minimum atomic E-state index is -4.40. The van der Waals surface area contributed by atoms with E-state index in [0.717, 1.165) is 48.1 Å². The number of aryl methyl sites for hydroxylation is 1. The van der Waals surface area contributed by atoms with Crippen LogP contribution in [0.2, 0.25) is 0 Å². The molecule has 3 heterocycles. The second-order valence-corrected chi connectivity index (χ2v) is 8.36. The van der Waals surface area contributed by atoms with E-state index in [1.165, 1.54) is 12.1 Å². The lowest BCUT2D eigenvalue weighted by molar-refractivity contribution is -0.137. The van der Waals surface area contributed by atoms with Gasteiger partial charge < -0.3 is 10.1 Å². The first-order valence-corrected chi connectivity index (χ1v) is 11.0. The molecule has 10 heteroatoms. The number of hydrogen-bond acceptors (Lipinski definition) is 4. The number of ether oxygens (including phenoxy) is 1. The van der Waals surface area contributed by atoms with E-state index < -0.39 is 11.7 Å². The lowest BCUT2D eigenvalue weighted by atomic mass is 10.1. The molecule has 4 aromatic rings. The normalized spacial score (nSPS) is 15.3. The van der Waals surface area contributed by atoms with Gasteiger partial charge in [-0.05, 0) is 42.5 Å². The lowest BCUT2D eigenvalue weighted by Crippen LogP contribution is -2.41.